The molecule has 1 aliphatic rings. The Morgan fingerprint density at radius 3 is 2.04 bits per heavy atom. The summed E-state index contributed by atoms with van der Waals surface area (Å²) in [5.41, 5.74) is 1.93. The molecule has 0 amide bonds. The molecule has 0 unspecified atom stereocenters. The molecule has 3 rings (SSSR count). The molecule has 0 spiro atoms. The second-order valence-corrected chi connectivity index (χ2v) is 7.15. The van der Waals surface area contributed by atoms with Gasteiger partial charge >= 0.3 is 0 Å². The lowest BCUT2D eigenvalue weighted by Crippen LogP contribution is -2.02. The first kappa shape index (κ1) is 20.3. The molecule has 0 saturated heterocycles. The Morgan fingerprint density at radius 2 is 1.50 bits per heavy atom. The van der Waals surface area contributed by atoms with Gasteiger partial charge < -0.3 is 4.74 Å². The van der Waals surface area contributed by atoms with Crippen molar-refractivity contribution in [2.24, 2.45) is 5.92 Å². The van der Waals surface area contributed by atoms with Crippen LogP contribution in [-0.2, 0) is 6.61 Å². The quantitative estimate of drug-likeness (QED) is 0.539. The lowest BCUT2D eigenvalue weighted by Gasteiger charge is -2.15. The smallest absolute Gasteiger partial charge is 0.203 e. The van der Waals surface area contributed by atoms with Gasteiger partial charge in [-0.2, -0.15) is 4.39 Å². The summed E-state index contributed by atoms with van der Waals surface area (Å²) in [6.45, 7) is 5.76. The fourth-order valence-corrected chi connectivity index (χ4v) is 2.96. The summed E-state index contributed by atoms with van der Waals surface area (Å²) in [5, 5.41) is 0. The molecule has 1 saturated carbocycles. The van der Waals surface area contributed by atoms with Crippen molar-refractivity contribution >= 4 is 0 Å². The Balaban J connectivity index is 0.000000290. The van der Waals surface area contributed by atoms with E-state index in [0.29, 0.717) is 0 Å². The molecule has 0 atom stereocenters. The molecule has 4 heteroatoms. The molecule has 26 heavy (non-hydrogen) atoms. The second kappa shape index (κ2) is 9.65. The summed E-state index contributed by atoms with van der Waals surface area (Å²) in [7, 11) is 0. The SMILES string of the molecule is CC1CCCCC1.Cc1ccc(COc2cc(C)c(F)c(F)c2F)cc1. The van der Waals surface area contributed by atoms with Crippen LogP contribution < -0.4 is 4.74 Å². The van der Waals surface area contributed by atoms with Crippen LogP contribution in [0.25, 0.3) is 0 Å². The number of benzene rings is 2. The van der Waals surface area contributed by atoms with E-state index in [-0.39, 0.29) is 17.9 Å². The van der Waals surface area contributed by atoms with Gasteiger partial charge in [0, 0.05) is 0 Å². The van der Waals surface area contributed by atoms with Crippen molar-refractivity contribution in [2.45, 2.75) is 59.5 Å². The average Bonchev–Trinajstić information content (AvgIpc) is 2.64. The number of halogens is 3. The minimum atomic E-state index is -1.50. The van der Waals surface area contributed by atoms with Crippen LogP contribution in [0.3, 0.4) is 0 Å². The predicted octanol–water partition coefficient (Wildman–Crippen LogP) is 6.89. The van der Waals surface area contributed by atoms with Crippen molar-refractivity contribution in [1.82, 2.24) is 0 Å². The largest absolute Gasteiger partial charge is 0.486 e. The van der Waals surface area contributed by atoms with Crippen LogP contribution >= 0.6 is 0 Å². The maximum absolute atomic E-state index is 13.5. The molecule has 0 radical (unpaired) electrons. The van der Waals surface area contributed by atoms with Crippen molar-refractivity contribution in [3.63, 3.8) is 0 Å². The first-order chi connectivity index (χ1) is 12.4. The standard InChI is InChI=1S/C15H13F3O.C7H14/c1-9-3-5-11(6-4-9)8-19-12-7-10(2)13(16)15(18)14(12)17;1-7-5-3-2-4-6-7/h3-7H,8H2,1-2H3;7H,2-6H2,1H3. The van der Waals surface area contributed by atoms with E-state index in [4.69, 9.17) is 4.74 Å². The third kappa shape index (κ3) is 5.79. The molecule has 1 nitrogen and oxygen atoms in total. The van der Waals surface area contributed by atoms with E-state index in [0.717, 1.165) is 23.1 Å². The van der Waals surface area contributed by atoms with Crippen LogP contribution in [0.5, 0.6) is 5.75 Å². The van der Waals surface area contributed by atoms with Crippen molar-refractivity contribution in [1.29, 1.82) is 0 Å². The van der Waals surface area contributed by atoms with Crippen molar-refractivity contribution in [3.8, 4) is 5.75 Å². The fourth-order valence-electron chi connectivity index (χ4n) is 2.96. The zero-order chi connectivity index (χ0) is 19.1. The minimum absolute atomic E-state index is 0.0119. The number of aryl methyl sites for hydroxylation is 2. The van der Waals surface area contributed by atoms with Gasteiger partial charge in [0.15, 0.2) is 17.4 Å². The molecule has 0 N–H and O–H groups in total. The van der Waals surface area contributed by atoms with Crippen LogP contribution in [0.2, 0.25) is 0 Å². The number of hydrogen-bond acceptors (Lipinski definition) is 1. The highest BCUT2D eigenvalue weighted by Crippen LogP contribution is 2.26. The highest BCUT2D eigenvalue weighted by Gasteiger charge is 2.17. The molecule has 1 aliphatic carbocycles. The van der Waals surface area contributed by atoms with Gasteiger partial charge in [-0.1, -0.05) is 68.9 Å². The summed E-state index contributed by atoms with van der Waals surface area (Å²) < 4.78 is 45.0. The van der Waals surface area contributed by atoms with Crippen LogP contribution in [0.4, 0.5) is 13.2 Å². The predicted molar refractivity (Wildman–Crippen MR) is 98.8 cm³/mol. The topological polar surface area (TPSA) is 9.23 Å². The molecule has 0 aromatic heterocycles. The molecular formula is C22H27F3O. The summed E-state index contributed by atoms with van der Waals surface area (Å²) in [5.74, 6) is -3.22. The molecule has 2 aromatic carbocycles. The molecule has 142 valence electrons. The Morgan fingerprint density at radius 1 is 0.885 bits per heavy atom. The van der Waals surface area contributed by atoms with E-state index in [2.05, 4.69) is 6.92 Å². The van der Waals surface area contributed by atoms with Gasteiger partial charge in [0.05, 0.1) is 0 Å². The molecule has 0 heterocycles. The molecule has 0 bridgehead atoms. The highest BCUT2D eigenvalue weighted by atomic mass is 19.2. The Labute approximate surface area is 154 Å². The van der Waals surface area contributed by atoms with Gasteiger partial charge in [-0.25, -0.2) is 8.78 Å². The fraction of sp³-hybridized carbons (Fsp3) is 0.455. The first-order valence-electron chi connectivity index (χ1n) is 9.21. The Bertz CT molecular complexity index is 704. The van der Waals surface area contributed by atoms with E-state index in [1.54, 1.807) is 0 Å². The van der Waals surface area contributed by atoms with Gasteiger partial charge in [0.2, 0.25) is 5.82 Å². The van der Waals surface area contributed by atoms with E-state index in [1.165, 1.54) is 39.0 Å². The number of ether oxygens (including phenoxy) is 1. The monoisotopic (exact) mass is 364 g/mol. The molecule has 2 aromatic rings. The maximum Gasteiger partial charge on any atom is 0.203 e. The Kier molecular flexibility index (Phi) is 7.55. The van der Waals surface area contributed by atoms with Crippen LogP contribution in [0.15, 0.2) is 30.3 Å². The van der Waals surface area contributed by atoms with Crippen LogP contribution in [-0.4, -0.2) is 0 Å². The molecule has 1 fully saturated rings. The van der Waals surface area contributed by atoms with Gasteiger partial charge in [-0.3, -0.25) is 0 Å². The Hall–Kier alpha value is -1.97. The molecule has 0 aliphatic heterocycles. The van der Waals surface area contributed by atoms with Crippen LogP contribution in [0, 0.1) is 37.2 Å². The van der Waals surface area contributed by atoms with E-state index >= 15 is 0 Å². The first-order valence-corrected chi connectivity index (χ1v) is 9.21. The van der Waals surface area contributed by atoms with Crippen LogP contribution in [0.1, 0.15) is 55.7 Å². The average molecular weight is 364 g/mol. The maximum atomic E-state index is 13.5. The van der Waals surface area contributed by atoms with E-state index in [1.807, 2.05) is 31.2 Å². The molecular weight excluding hydrogens is 337 g/mol. The zero-order valence-corrected chi connectivity index (χ0v) is 15.7. The highest BCUT2D eigenvalue weighted by molar-refractivity contribution is 5.32. The summed E-state index contributed by atoms with van der Waals surface area (Å²) in [6, 6.07) is 8.61. The van der Waals surface area contributed by atoms with E-state index in [9.17, 15) is 13.2 Å². The van der Waals surface area contributed by atoms with Gasteiger partial charge in [-0.05, 0) is 37.0 Å². The van der Waals surface area contributed by atoms with Gasteiger partial charge in [-0.15, -0.1) is 0 Å². The third-order valence-corrected chi connectivity index (χ3v) is 4.70. The second-order valence-electron chi connectivity index (χ2n) is 7.15. The normalized spacial score (nSPS) is 14.5. The van der Waals surface area contributed by atoms with Crippen molar-refractivity contribution in [3.05, 3.63) is 64.5 Å². The number of hydrogen-bond donors (Lipinski definition) is 0. The van der Waals surface area contributed by atoms with Crippen molar-refractivity contribution < 1.29 is 17.9 Å². The summed E-state index contributed by atoms with van der Waals surface area (Å²) in [4.78, 5) is 0. The summed E-state index contributed by atoms with van der Waals surface area (Å²) >= 11 is 0. The van der Waals surface area contributed by atoms with Crippen molar-refractivity contribution in [2.75, 3.05) is 0 Å². The lowest BCUT2D eigenvalue weighted by atomic mass is 9.91. The third-order valence-electron chi connectivity index (χ3n) is 4.70. The lowest BCUT2D eigenvalue weighted by molar-refractivity contribution is 0.281. The van der Waals surface area contributed by atoms with Gasteiger partial charge in [0.1, 0.15) is 6.61 Å². The summed E-state index contributed by atoms with van der Waals surface area (Å²) in [6.07, 6.45) is 7.44. The van der Waals surface area contributed by atoms with Gasteiger partial charge in [0.25, 0.3) is 0 Å². The number of rotatable bonds is 3. The zero-order valence-electron chi connectivity index (χ0n) is 15.7. The minimum Gasteiger partial charge on any atom is -0.486 e. The van der Waals surface area contributed by atoms with E-state index < -0.39 is 17.5 Å².